The third-order valence-electron chi connectivity index (χ3n) is 5.61. The van der Waals surface area contributed by atoms with Gasteiger partial charge in [0.15, 0.2) is 0 Å². The number of amides is 1. The monoisotopic (exact) mass is 448 g/mol. The Morgan fingerprint density at radius 3 is 2.61 bits per heavy atom. The molecule has 0 unspecified atom stereocenters. The molecule has 4 heterocycles. The SMILES string of the molecule is Cn1ccc2c(-c3ccc(F)cc3)nc(-n3cnc4c3CCN(C(=O)OC(C)(C)C)C4)nc21. The van der Waals surface area contributed by atoms with Crippen molar-refractivity contribution in [3.63, 3.8) is 0 Å². The number of carbonyl (C=O) groups is 1. The molecule has 0 fully saturated rings. The maximum absolute atomic E-state index is 13.5. The van der Waals surface area contributed by atoms with Gasteiger partial charge in [-0.15, -0.1) is 0 Å². The van der Waals surface area contributed by atoms with Gasteiger partial charge in [-0.25, -0.2) is 19.2 Å². The topological polar surface area (TPSA) is 78.1 Å². The van der Waals surface area contributed by atoms with Gasteiger partial charge < -0.3 is 14.2 Å². The number of fused-ring (bicyclic) bond motifs is 2. The lowest BCUT2D eigenvalue weighted by Gasteiger charge is -2.29. The summed E-state index contributed by atoms with van der Waals surface area (Å²) in [4.78, 5) is 28.3. The van der Waals surface area contributed by atoms with Crippen molar-refractivity contribution in [3.8, 4) is 17.2 Å². The van der Waals surface area contributed by atoms with E-state index < -0.39 is 5.60 Å². The smallest absolute Gasteiger partial charge is 0.410 e. The van der Waals surface area contributed by atoms with Crippen molar-refractivity contribution >= 4 is 17.1 Å². The van der Waals surface area contributed by atoms with Crippen LogP contribution in [0.4, 0.5) is 9.18 Å². The van der Waals surface area contributed by atoms with Crippen LogP contribution >= 0.6 is 0 Å². The van der Waals surface area contributed by atoms with E-state index in [1.165, 1.54) is 12.1 Å². The van der Waals surface area contributed by atoms with E-state index in [9.17, 15) is 9.18 Å². The number of carbonyl (C=O) groups excluding carboxylic acids is 1. The highest BCUT2D eigenvalue weighted by Gasteiger charge is 2.29. The second-order valence-electron chi connectivity index (χ2n) is 9.20. The van der Waals surface area contributed by atoms with Crippen molar-refractivity contribution < 1.29 is 13.9 Å². The van der Waals surface area contributed by atoms with E-state index in [1.807, 2.05) is 49.2 Å². The van der Waals surface area contributed by atoms with Crippen LogP contribution in [0.1, 0.15) is 32.2 Å². The maximum Gasteiger partial charge on any atom is 0.410 e. The van der Waals surface area contributed by atoms with Gasteiger partial charge in [0, 0.05) is 37.2 Å². The Hall–Kier alpha value is -3.75. The Kier molecular flexibility index (Phi) is 4.92. The molecule has 33 heavy (non-hydrogen) atoms. The molecule has 0 bridgehead atoms. The van der Waals surface area contributed by atoms with Crippen LogP contribution in [0.5, 0.6) is 0 Å². The fraction of sp³-hybridized carbons (Fsp3) is 0.333. The van der Waals surface area contributed by atoms with Crippen LogP contribution in [0.2, 0.25) is 0 Å². The van der Waals surface area contributed by atoms with Gasteiger partial charge in [-0.2, -0.15) is 4.98 Å². The van der Waals surface area contributed by atoms with E-state index in [-0.39, 0.29) is 11.9 Å². The maximum atomic E-state index is 13.5. The molecular formula is C24H25FN6O2. The molecule has 4 aromatic rings. The minimum atomic E-state index is -0.550. The number of ether oxygens (including phenoxy) is 1. The van der Waals surface area contributed by atoms with Gasteiger partial charge in [0.25, 0.3) is 0 Å². The van der Waals surface area contributed by atoms with Crippen molar-refractivity contribution in [2.24, 2.45) is 7.05 Å². The van der Waals surface area contributed by atoms with Gasteiger partial charge in [0.2, 0.25) is 5.95 Å². The molecule has 3 aromatic heterocycles. The molecule has 1 aliphatic rings. The van der Waals surface area contributed by atoms with Crippen LogP contribution in [-0.2, 0) is 24.8 Å². The van der Waals surface area contributed by atoms with Gasteiger partial charge in [-0.05, 0) is 51.1 Å². The number of nitrogens with zero attached hydrogens (tertiary/aromatic N) is 6. The Morgan fingerprint density at radius 1 is 1.12 bits per heavy atom. The zero-order chi connectivity index (χ0) is 23.3. The summed E-state index contributed by atoms with van der Waals surface area (Å²) >= 11 is 0. The number of aromatic nitrogens is 5. The highest BCUT2D eigenvalue weighted by atomic mass is 19.1. The second-order valence-corrected chi connectivity index (χ2v) is 9.20. The van der Waals surface area contributed by atoms with Crippen LogP contribution in [0.15, 0.2) is 42.9 Å². The lowest BCUT2D eigenvalue weighted by molar-refractivity contribution is 0.0220. The Morgan fingerprint density at radius 2 is 1.88 bits per heavy atom. The molecule has 0 saturated carbocycles. The summed E-state index contributed by atoms with van der Waals surface area (Å²) in [6, 6.07) is 8.25. The van der Waals surface area contributed by atoms with Gasteiger partial charge >= 0.3 is 6.09 Å². The number of hydrogen-bond donors (Lipinski definition) is 0. The quantitative estimate of drug-likeness (QED) is 0.458. The van der Waals surface area contributed by atoms with Crippen LogP contribution in [0, 0.1) is 5.82 Å². The van der Waals surface area contributed by atoms with Gasteiger partial charge in [-0.1, -0.05) is 0 Å². The van der Waals surface area contributed by atoms with E-state index in [0.717, 1.165) is 33.7 Å². The Balaban J connectivity index is 1.53. The fourth-order valence-corrected chi connectivity index (χ4v) is 4.02. The number of imidazole rings is 1. The third-order valence-corrected chi connectivity index (χ3v) is 5.61. The molecular weight excluding hydrogens is 423 g/mol. The second kappa shape index (κ2) is 7.68. The molecule has 0 spiro atoms. The summed E-state index contributed by atoms with van der Waals surface area (Å²) in [7, 11) is 1.93. The highest BCUT2D eigenvalue weighted by molar-refractivity contribution is 5.91. The normalized spacial score (nSPS) is 13.9. The first kappa shape index (κ1) is 21.1. The zero-order valence-corrected chi connectivity index (χ0v) is 19.0. The molecule has 5 rings (SSSR count). The molecule has 0 aliphatic carbocycles. The van der Waals surface area contributed by atoms with Crippen LogP contribution in [-0.4, -0.2) is 47.2 Å². The molecule has 170 valence electrons. The van der Waals surface area contributed by atoms with Crippen molar-refractivity contribution in [2.75, 3.05) is 6.54 Å². The van der Waals surface area contributed by atoms with Gasteiger partial charge in [0.05, 0.1) is 23.6 Å². The first-order valence-electron chi connectivity index (χ1n) is 10.8. The average molecular weight is 449 g/mol. The van der Waals surface area contributed by atoms with Crippen molar-refractivity contribution in [1.29, 1.82) is 0 Å². The van der Waals surface area contributed by atoms with Crippen molar-refractivity contribution in [2.45, 2.75) is 39.3 Å². The van der Waals surface area contributed by atoms with Crippen molar-refractivity contribution in [3.05, 3.63) is 60.1 Å². The molecule has 0 radical (unpaired) electrons. The summed E-state index contributed by atoms with van der Waals surface area (Å²) in [6.45, 7) is 6.44. The molecule has 1 aromatic carbocycles. The molecule has 0 atom stereocenters. The molecule has 0 saturated heterocycles. The number of benzene rings is 1. The first-order chi connectivity index (χ1) is 15.7. The number of aryl methyl sites for hydroxylation is 1. The minimum absolute atomic E-state index is 0.296. The number of rotatable bonds is 2. The van der Waals surface area contributed by atoms with Crippen molar-refractivity contribution in [1.82, 2.24) is 29.0 Å². The molecule has 1 aliphatic heterocycles. The predicted molar refractivity (Wildman–Crippen MR) is 121 cm³/mol. The number of hydrogen-bond acceptors (Lipinski definition) is 5. The molecule has 8 nitrogen and oxygen atoms in total. The lowest BCUT2D eigenvalue weighted by Crippen LogP contribution is -2.40. The summed E-state index contributed by atoms with van der Waals surface area (Å²) in [5.74, 6) is 0.193. The Bertz CT molecular complexity index is 1350. The lowest BCUT2D eigenvalue weighted by atomic mass is 10.1. The minimum Gasteiger partial charge on any atom is -0.444 e. The van der Waals surface area contributed by atoms with Crippen LogP contribution in [0.3, 0.4) is 0 Å². The Labute approximate surface area is 190 Å². The average Bonchev–Trinajstić information content (AvgIpc) is 3.36. The van der Waals surface area contributed by atoms with E-state index >= 15 is 0 Å². The first-order valence-corrected chi connectivity index (χ1v) is 10.8. The van der Waals surface area contributed by atoms with E-state index in [2.05, 4.69) is 4.98 Å². The molecule has 0 N–H and O–H groups in total. The number of halogens is 1. The molecule has 1 amide bonds. The summed E-state index contributed by atoms with van der Waals surface area (Å²) in [5, 5.41) is 0.887. The van der Waals surface area contributed by atoms with E-state index in [4.69, 9.17) is 14.7 Å². The van der Waals surface area contributed by atoms with E-state index in [0.29, 0.717) is 25.5 Å². The van der Waals surface area contributed by atoms with Gasteiger partial charge in [0.1, 0.15) is 23.4 Å². The zero-order valence-electron chi connectivity index (χ0n) is 19.0. The summed E-state index contributed by atoms with van der Waals surface area (Å²) < 4.78 is 22.8. The van der Waals surface area contributed by atoms with Crippen LogP contribution < -0.4 is 0 Å². The standard InChI is InChI=1S/C24H25FN6O2/c1-24(2,3)33-23(32)30-12-10-19-18(13-30)26-14-31(19)22-27-20(15-5-7-16(25)8-6-15)17-9-11-29(4)21(17)28-22/h5-9,11,14H,10,12-13H2,1-4H3. The highest BCUT2D eigenvalue weighted by Crippen LogP contribution is 2.29. The van der Waals surface area contributed by atoms with E-state index in [1.54, 1.807) is 23.4 Å². The predicted octanol–water partition coefficient (Wildman–Crippen LogP) is 4.25. The third kappa shape index (κ3) is 3.94. The largest absolute Gasteiger partial charge is 0.444 e. The summed E-state index contributed by atoms with van der Waals surface area (Å²) in [5.41, 5.74) is 3.52. The molecule has 9 heteroatoms. The summed E-state index contributed by atoms with van der Waals surface area (Å²) in [6.07, 6.45) is 3.89. The van der Waals surface area contributed by atoms with Gasteiger partial charge in [-0.3, -0.25) is 4.57 Å². The fourth-order valence-electron chi connectivity index (χ4n) is 4.02. The van der Waals surface area contributed by atoms with Crippen LogP contribution in [0.25, 0.3) is 28.2 Å².